The van der Waals surface area contributed by atoms with Gasteiger partial charge >= 0.3 is 0 Å². The Kier molecular flexibility index (Phi) is 5.19. The van der Waals surface area contributed by atoms with E-state index in [9.17, 15) is 0 Å². The molecule has 0 fully saturated rings. The number of hydrogen-bond acceptors (Lipinski definition) is 1. The molecule has 1 aromatic heterocycles. The van der Waals surface area contributed by atoms with Gasteiger partial charge in [-0.2, -0.15) is 6.42 Å². The summed E-state index contributed by atoms with van der Waals surface area (Å²) in [5, 5.41) is 0. The van der Waals surface area contributed by atoms with Crippen LogP contribution >= 0.6 is 0 Å². The van der Waals surface area contributed by atoms with Gasteiger partial charge in [-0.3, -0.25) is 0 Å². The van der Waals surface area contributed by atoms with E-state index in [-0.39, 0.29) is 32.7 Å². The number of aromatic nitrogens is 2. The average Bonchev–Trinajstić information content (AvgIpc) is 2.17. The van der Waals surface area contributed by atoms with E-state index in [1.165, 1.54) is 0 Å². The summed E-state index contributed by atoms with van der Waals surface area (Å²) in [6, 6.07) is 0. The van der Waals surface area contributed by atoms with Gasteiger partial charge in [-0.05, 0) is 6.54 Å². The summed E-state index contributed by atoms with van der Waals surface area (Å²) in [5.74, 6) is 0. The average molecular weight is 211 g/mol. The van der Waals surface area contributed by atoms with Crippen LogP contribution in [0.4, 0.5) is 0 Å². The van der Waals surface area contributed by atoms with Gasteiger partial charge in [0.15, 0.2) is 0 Å². The Bertz CT molecular complexity index is 183. The van der Waals surface area contributed by atoms with Gasteiger partial charge < -0.3 is 16.5 Å². The number of nitrogens with zero attached hydrogens (tertiary/aromatic N) is 2. The summed E-state index contributed by atoms with van der Waals surface area (Å²) in [5.41, 5.74) is 1.02. The van der Waals surface area contributed by atoms with Crippen LogP contribution in [0.1, 0.15) is 12.1 Å². The molecule has 0 bridgehead atoms. The van der Waals surface area contributed by atoms with Crippen molar-refractivity contribution in [2.24, 2.45) is 0 Å². The smallest absolute Gasteiger partial charge is 0.000593 e. The fourth-order valence-electron chi connectivity index (χ4n) is 0.711. The van der Waals surface area contributed by atoms with Crippen molar-refractivity contribution in [3.8, 4) is 0 Å². The van der Waals surface area contributed by atoms with E-state index in [1.807, 2.05) is 17.7 Å². The number of rotatable bonds is 2. The zero-order valence-corrected chi connectivity index (χ0v) is 9.01. The van der Waals surface area contributed by atoms with E-state index >= 15 is 0 Å². The first-order valence-electron chi connectivity index (χ1n) is 3.03. The molecule has 1 aromatic rings. The van der Waals surface area contributed by atoms with Gasteiger partial charge in [-0.25, -0.2) is 0 Å². The molecular formula is C7H10N2Y-2. The maximum absolute atomic E-state index is 3.95. The van der Waals surface area contributed by atoms with E-state index in [4.69, 9.17) is 0 Å². The fourth-order valence-corrected chi connectivity index (χ4v) is 0.711. The molecule has 0 N–H and O–H groups in total. The Morgan fingerprint density at radius 3 is 2.90 bits per heavy atom. The molecule has 3 heteroatoms. The van der Waals surface area contributed by atoms with Gasteiger partial charge in [-0.15, -0.1) is 11.9 Å². The molecule has 2 nitrogen and oxygen atoms in total. The van der Waals surface area contributed by atoms with Crippen LogP contribution in [-0.2, 0) is 39.3 Å². The van der Waals surface area contributed by atoms with E-state index in [2.05, 4.69) is 18.2 Å². The molecule has 0 aliphatic heterocycles. The molecule has 0 aliphatic carbocycles. The van der Waals surface area contributed by atoms with Gasteiger partial charge in [-0.1, -0.05) is 6.92 Å². The first-order chi connectivity index (χ1) is 4.33. The third kappa shape index (κ3) is 2.93. The maximum atomic E-state index is 3.95. The van der Waals surface area contributed by atoms with Crippen LogP contribution in [0.25, 0.3) is 0 Å². The van der Waals surface area contributed by atoms with Gasteiger partial charge in [0.2, 0.25) is 0 Å². The SMILES string of the molecule is [CH2-]CCn1[c-]nc(C)c1.[Y]. The molecule has 1 radical (unpaired) electrons. The molecule has 0 unspecified atom stereocenters. The van der Waals surface area contributed by atoms with Crippen LogP contribution < -0.4 is 0 Å². The van der Waals surface area contributed by atoms with Crippen LogP contribution in [0, 0.1) is 20.2 Å². The summed E-state index contributed by atoms with van der Waals surface area (Å²) >= 11 is 0. The van der Waals surface area contributed by atoms with Crippen LogP contribution in [0.15, 0.2) is 6.20 Å². The van der Waals surface area contributed by atoms with Crippen molar-refractivity contribution < 1.29 is 32.7 Å². The normalized spacial score (nSPS) is 9.00. The van der Waals surface area contributed by atoms with Crippen LogP contribution in [0.2, 0.25) is 0 Å². The van der Waals surface area contributed by atoms with Gasteiger partial charge in [0.25, 0.3) is 0 Å². The first-order valence-corrected chi connectivity index (χ1v) is 3.03. The van der Waals surface area contributed by atoms with Crippen molar-refractivity contribution in [3.63, 3.8) is 0 Å². The van der Waals surface area contributed by atoms with Gasteiger partial charge in [0.05, 0.1) is 0 Å². The van der Waals surface area contributed by atoms with Crippen LogP contribution in [0.3, 0.4) is 0 Å². The molecule has 0 saturated heterocycles. The Balaban J connectivity index is 0.000000810. The minimum atomic E-state index is 0. The molecule has 1 heterocycles. The molecule has 53 valence electrons. The summed E-state index contributed by atoms with van der Waals surface area (Å²) in [6.07, 6.45) is 5.69. The van der Waals surface area contributed by atoms with E-state index < -0.39 is 0 Å². The summed E-state index contributed by atoms with van der Waals surface area (Å²) < 4.78 is 1.92. The second-order valence-corrected chi connectivity index (χ2v) is 2.03. The van der Waals surface area contributed by atoms with Crippen molar-refractivity contribution in [1.29, 1.82) is 0 Å². The molecule has 0 atom stereocenters. The number of aryl methyl sites for hydroxylation is 2. The zero-order chi connectivity index (χ0) is 6.69. The van der Waals surface area contributed by atoms with Crippen molar-refractivity contribution in [1.82, 2.24) is 9.55 Å². The number of hydrogen-bond donors (Lipinski definition) is 0. The third-order valence-electron chi connectivity index (χ3n) is 1.10. The monoisotopic (exact) mass is 211 g/mol. The second-order valence-electron chi connectivity index (χ2n) is 2.03. The van der Waals surface area contributed by atoms with Crippen LogP contribution in [-0.4, -0.2) is 9.55 Å². The predicted octanol–water partition coefficient (Wildman–Crippen LogP) is 1.21. The quantitative estimate of drug-likeness (QED) is 0.672. The first kappa shape index (κ1) is 10.3. The Labute approximate surface area is 86.9 Å². The summed E-state index contributed by atoms with van der Waals surface area (Å²) in [4.78, 5) is 3.95. The Hall–Kier alpha value is 0.314. The molecule has 0 spiro atoms. The summed E-state index contributed by atoms with van der Waals surface area (Å²) in [6.45, 7) is 6.59. The molecule has 0 saturated carbocycles. The van der Waals surface area contributed by atoms with Gasteiger partial charge in [0, 0.05) is 39.0 Å². The molecular weight excluding hydrogens is 201 g/mol. The molecule has 10 heavy (non-hydrogen) atoms. The summed E-state index contributed by atoms with van der Waals surface area (Å²) in [7, 11) is 0. The second kappa shape index (κ2) is 5.03. The topological polar surface area (TPSA) is 17.8 Å². The maximum Gasteiger partial charge on any atom is 0.000593 e. The fraction of sp³-hybridized carbons (Fsp3) is 0.429. The zero-order valence-electron chi connectivity index (χ0n) is 6.17. The number of imidazole rings is 1. The van der Waals surface area contributed by atoms with Crippen molar-refractivity contribution in [2.75, 3.05) is 0 Å². The van der Waals surface area contributed by atoms with Crippen molar-refractivity contribution in [3.05, 3.63) is 25.1 Å². The third-order valence-corrected chi connectivity index (χ3v) is 1.10. The Morgan fingerprint density at radius 1 is 1.80 bits per heavy atom. The molecule has 0 amide bonds. The van der Waals surface area contributed by atoms with E-state index in [1.54, 1.807) is 0 Å². The Morgan fingerprint density at radius 2 is 2.50 bits per heavy atom. The van der Waals surface area contributed by atoms with Crippen molar-refractivity contribution >= 4 is 0 Å². The van der Waals surface area contributed by atoms with Crippen molar-refractivity contribution in [2.45, 2.75) is 19.9 Å². The van der Waals surface area contributed by atoms with E-state index in [0.717, 1.165) is 18.7 Å². The van der Waals surface area contributed by atoms with Gasteiger partial charge in [0.1, 0.15) is 0 Å². The molecule has 1 rings (SSSR count). The predicted molar refractivity (Wildman–Crippen MR) is 35.8 cm³/mol. The van der Waals surface area contributed by atoms with E-state index in [0.29, 0.717) is 0 Å². The standard InChI is InChI=1S/C7H10N2.Y/c1-3-4-9-5-7(2)8-6-9;/h5H,1,3-4H2,2H3;/q-2;. The van der Waals surface area contributed by atoms with Crippen LogP contribution in [0.5, 0.6) is 0 Å². The molecule has 0 aliphatic rings. The minimum Gasteiger partial charge on any atom is -0.456 e. The largest absolute Gasteiger partial charge is 0.456 e. The minimum absolute atomic E-state index is 0. The molecule has 0 aromatic carbocycles.